The number of hydrazine groups is 1. The van der Waals surface area contributed by atoms with Crippen LogP contribution >= 0.6 is 11.6 Å². The number of halogens is 4. The van der Waals surface area contributed by atoms with Crippen molar-refractivity contribution in [3.63, 3.8) is 0 Å². The summed E-state index contributed by atoms with van der Waals surface area (Å²) in [6, 6.07) is 5.68. The summed E-state index contributed by atoms with van der Waals surface area (Å²) in [5, 5.41) is 10.1. The largest absolute Gasteiger partial charge is 0.442 e. The highest BCUT2D eigenvalue weighted by molar-refractivity contribution is 6.33. The van der Waals surface area contributed by atoms with Gasteiger partial charge in [-0.3, -0.25) is 10.2 Å². The quantitative estimate of drug-likeness (QED) is 0.881. The van der Waals surface area contributed by atoms with Gasteiger partial charge in [0.15, 0.2) is 0 Å². The highest BCUT2D eigenvalue weighted by atomic mass is 35.5. The molecule has 0 saturated heterocycles. The van der Waals surface area contributed by atoms with Gasteiger partial charge in [0.2, 0.25) is 0 Å². The fraction of sp³-hybridized carbons (Fsp3) is 0.308. The summed E-state index contributed by atoms with van der Waals surface area (Å²) in [4.78, 5) is 12.3. The van der Waals surface area contributed by atoms with E-state index >= 15 is 0 Å². The molecule has 0 radical (unpaired) electrons. The molecule has 1 aliphatic rings. The molecule has 1 atom stereocenters. The van der Waals surface area contributed by atoms with Gasteiger partial charge >= 0.3 is 6.18 Å². The summed E-state index contributed by atoms with van der Waals surface area (Å²) in [6.07, 6.45) is -4.26. The highest BCUT2D eigenvalue weighted by Gasteiger charge is 2.61. The Morgan fingerprint density at radius 1 is 1.43 bits per heavy atom. The third-order valence-corrected chi connectivity index (χ3v) is 3.41. The zero-order chi connectivity index (χ0) is 15.8. The maximum Gasteiger partial charge on any atom is 0.442 e. The molecule has 0 saturated carbocycles. The van der Waals surface area contributed by atoms with E-state index in [4.69, 9.17) is 11.6 Å². The number of benzene rings is 1. The summed E-state index contributed by atoms with van der Waals surface area (Å²) in [5.41, 5.74) is -1.17. The fourth-order valence-electron chi connectivity index (χ4n) is 1.92. The van der Waals surface area contributed by atoms with E-state index in [2.05, 4.69) is 5.43 Å². The molecule has 1 amide bonds. The van der Waals surface area contributed by atoms with Crippen LogP contribution in [-0.4, -0.2) is 27.9 Å². The van der Waals surface area contributed by atoms with Crippen LogP contribution in [0.5, 0.6) is 0 Å². The maximum atomic E-state index is 13.1. The molecule has 1 unspecified atom stereocenters. The van der Waals surface area contributed by atoms with Gasteiger partial charge in [0, 0.05) is 5.70 Å². The summed E-state index contributed by atoms with van der Waals surface area (Å²) in [5.74, 6) is -1.07. The van der Waals surface area contributed by atoms with Gasteiger partial charge in [-0.25, -0.2) is 5.01 Å². The molecule has 8 heteroatoms. The Morgan fingerprint density at radius 3 is 2.57 bits per heavy atom. The van der Waals surface area contributed by atoms with Crippen molar-refractivity contribution in [3.8, 4) is 0 Å². The van der Waals surface area contributed by atoms with Gasteiger partial charge in [0.25, 0.3) is 11.6 Å². The van der Waals surface area contributed by atoms with E-state index in [0.29, 0.717) is 6.08 Å². The average molecular weight is 321 g/mol. The van der Waals surface area contributed by atoms with Crippen LogP contribution < -0.4 is 5.43 Å². The maximum absolute atomic E-state index is 13.1. The molecule has 2 rings (SSSR count). The second-order valence-corrected chi connectivity index (χ2v) is 4.89. The molecule has 0 aliphatic carbocycles. The molecule has 1 heterocycles. The van der Waals surface area contributed by atoms with E-state index < -0.39 is 17.8 Å². The first kappa shape index (κ1) is 15.7. The first-order chi connectivity index (χ1) is 9.70. The van der Waals surface area contributed by atoms with E-state index in [1.807, 2.05) is 0 Å². The van der Waals surface area contributed by atoms with E-state index in [0.717, 1.165) is 0 Å². The molecule has 1 aromatic carbocycles. The summed E-state index contributed by atoms with van der Waals surface area (Å²) in [7, 11) is 0. The Labute approximate surface area is 123 Å². The first-order valence-corrected chi connectivity index (χ1v) is 6.45. The van der Waals surface area contributed by atoms with Crippen LogP contribution in [0.1, 0.15) is 23.7 Å². The Bertz CT molecular complexity index is 603. The first-order valence-electron chi connectivity index (χ1n) is 6.07. The molecule has 4 nitrogen and oxygen atoms in total. The molecule has 1 aliphatic heterocycles. The van der Waals surface area contributed by atoms with E-state index in [-0.39, 0.29) is 27.7 Å². The van der Waals surface area contributed by atoms with E-state index in [1.165, 1.54) is 18.2 Å². The van der Waals surface area contributed by atoms with Crippen molar-refractivity contribution < 1.29 is 23.1 Å². The van der Waals surface area contributed by atoms with Crippen molar-refractivity contribution in [3.05, 3.63) is 46.6 Å². The van der Waals surface area contributed by atoms with Crippen molar-refractivity contribution >= 4 is 17.5 Å². The lowest BCUT2D eigenvalue weighted by Gasteiger charge is -2.33. The van der Waals surface area contributed by atoms with Gasteiger partial charge in [0.05, 0.1) is 10.6 Å². The molecule has 114 valence electrons. The van der Waals surface area contributed by atoms with Crippen LogP contribution in [0.15, 0.2) is 36.0 Å². The minimum Gasteiger partial charge on any atom is -0.359 e. The number of allylic oxidation sites excluding steroid dienone is 1. The minimum absolute atomic E-state index is 0.00114. The SMILES string of the molecule is CCC1=CC(O)(C(F)(F)F)N(C(=O)c2ccccc2Cl)N1. The fourth-order valence-corrected chi connectivity index (χ4v) is 2.14. The second kappa shape index (κ2) is 5.23. The monoisotopic (exact) mass is 320 g/mol. The predicted molar refractivity (Wildman–Crippen MR) is 70.1 cm³/mol. The standard InChI is InChI=1S/C13H12ClF3N2O2/c1-2-8-7-12(21,13(15,16)17)19(18-8)11(20)9-5-3-4-6-10(9)14/h3-7,18,21H,2H2,1H3. The van der Waals surface area contributed by atoms with Gasteiger partial charge in [0.1, 0.15) is 0 Å². The number of rotatable bonds is 2. The smallest absolute Gasteiger partial charge is 0.359 e. The minimum atomic E-state index is -5.05. The lowest BCUT2D eigenvalue weighted by atomic mass is 10.1. The summed E-state index contributed by atoms with van der Waals surface area (Å²) >= 11 is 5.82. The number of hydrogen-bond donors (Lipinski definition) is 2. The molecule has 0 aromatic heterocycles. The average Bonchev–Trinajstić information content (AvgIpc) is 2.77. The Hall–Kier alpha value is -1.73. The second-order valence-electron chi connectivity index (χ2n) is 4.48. The van der Waals surface area contributed by atoms with E-state index in [1.54, 1.807) is 13.0 Å². The number of amides is 1. The van der Waals surface area contributed by atoms with Crippen molar-refractivity contribution in [2.45, 2.75) is 25.2 Å². The van der Waals surface area contributed by atoms with Gasteiger partial charge in [-0.15, -0.1) is 0 Å². The summed E-state index contributed by atoms with van der Waals surface area (Å²) < 4.78 is 39.4. The Kier molecular flexibility index (Phi) is 3.90. The molecule has 21 heavy (non-hydrogen) atoms. The molecular weight excluding hydrogens is 309 g/mol. The van der Waals surface area contributed by atoms with Gasteiger partial charge in [-0.1, -0.05) is 30.7 Å². The van der Waals surface area contributed by atoms with Gasteiger partial charge in [-0.2, -0.15) is 13.2 Å². The number of carbonyl (C=O) groups is 1. The highest BCUT2D eigenvalue weighted by Crippen LogP contribution is 2.39. The predicted octanol–water partition coefficient (Wildman–Crippen LogP) is 2.85. The molecule has 2 N–H and O–H groups in total. The van der Waals surface area contributed by atoms with Gasteiger partial charge in [-0.05, 0) is 24.6 Å². The lowest BCUT2D eigenvalue weighted by molar-refractivity contribution is -0.283. The van der Waals surface area contributed by atoms with Gasteiger partial charge < -0.3 is 5.11 Å². The molecule has 0 fully saturated rings. The van der Waals surface area contributed by atoms with E-state index in [9.17, 15) is 23.1 Å². The normalized spacial score (nSPS) is 22.0. The van der Waals surface area contributed by atoms with Crippen molar-refractivity contribution in [1.29, 1.82) is 0 Å². The Morgan fingerprint density at radius 2 is 2.05 bits per heavy atom. The van der Waals surface area contributed by atoms with Crippen molar-refractivity contribution in [2.75, 3.05) is 0 Å². The zero-order valence-electron chi connectivity index (χ0n) is 10.9. The zero-order valence-corrected chi connectivity index (χ0v) is 11.7. The van der Waals surface area contributed by atoms with Crippen LogP contribution in [0.2, 0.25) is 5.02 Å². The topological polar surface area (TPSA) is 52.6 Å². The lowest BCUT2D eigenvalue weighted by Crippen LogP contribution is -2.60. The van der Waals surface area contributed by atoms with Crippen LogP contribution in [-0.2, 0) is 0 Å². The van der Waals surface area contributed by atoms with Crippen LogP contribution in [0.4, 0.5) is 13.2 Å². The number of hydrogen-bond acceptors (Lipinski definition) is 3. The number of carbonyl (C=O) groups excluding carboxylic acids is 1. The summed E-state index contributed by atoms with van der Waals surface area (Å²) in [6.45, 7) is 1.60. The number of nitrogens with zero attached hydrogens (tertiary/aromatic N) is 1. The third kappa shape index (κ3) is 2.58. The number of alkyl halides is 3. The van der Waals surface area contributed by atoms with Crippen LogP contribution in [0.3, 0.4) is 0 Å². The Balaban J connectivity index is 2.44. The third-order valence-electron chi connectivity index (χ3n) is 3.08. The number of aliphatic hydroxyl groups is 1. The number of nitrogens with one attached hydrogen (secondary N) is 1. The van der Waals surface area contributed by atoms with Crippen molar-refractivity contribution in [1.82, 2.24) is 10.4 Å². The molecule has 0 bridgehead atoms. The van der Waals surface area contributed by atoms with Crippen molar-refractivity contribution in [2.24, 2.45) is 0 Å². The van der Waals surface area contributed by atoms with Crippen LogP contribution in [0, 0.1) is 0 Å². The molecule has 1 aromatic rings. The molecular formula is C13H12ClF3N2O2. The molecule has 0 spiro atoms. The van der Waals surface area contributed by atoms with Crippen LogP contribution in [0.25, 0.3) is 0 Å².